The number of aliphatic hydroxyl groups is 1. The second kappa shape index (κ2) is 17.9. The molecule has 6 aromatic rings. The van der Waals surface area contributed by atoms with Gasteiger partial charge in [0.1, 0.15) is 0 Å². The van der Waals surface area contributed by atoms with Crippen molar-refractivity contribution >= 4 is 27.3 Å². The Labute approximate surface area is 305 Å². The fraction of sp³-hybridized carbons (Fsp3) is 0.244. The maximum absolute atomic E-state index is 11.7. The molecule has 3 nitrogen and oxygen atoms in total. The van der Waals surface area contributed by atoms with Gasteiger partial charge in [-0.05, 0) is 76.5 Å². The summed E-state index contributed by atoms with van der Waals surface area (Å²) in [4.78, 5) is 16.4. The standard InChI is InChI=1S/C32H22N.C13H24O2.Ir/c1-22-21-33-32(20-30(22)23-9-3-2-4-10-23)25-17-15-24(16-18-25)31-19-26-11-5-6-12-27(26)28-13-7-8-14-29(28)31;1-5-10(6-2)12(14)9-13(15)11(7-3)8-4;/h2-17,19-21H,1H3;9-11,14H,5-8H2,1-4H3;/q-1;;/b;12-9-;. The second-order valence-electron chi connectivity index (χ2n) is 12.4. The van der Waals surface area contributed by atoms with Gasteiger partial charge in [-0.25, -0.2) is 0 Å². The van der Waals surface area contributed by atoms with Gasteiger partial charge in [0, 0.05) is 44.2 Å². The summed E-state index contributed by atoms with van der Waals surface area (Å²) in [6, 6.07) is 42.1. The van der Waals surface area contributed by atoms with Crippen molar-refractivity contribution in [2.75, 3.05) is 0 Å². The zero-order chi connectivity index (χ0) is 34.0. The summed E-state index contributed by atoms with van der Waals surface area (Å²) < 4.78 is 0. The molecule has 0 aliphatic rings. The predicted octanol–water partition coefficient (Wildman–Crippen LogP) is 12.4. The van der Waals surface area contributed by atoms with Gasteiger partial charge in [-0.15, -0.1) is 29.8 Å². The van der Waals surface area contributed by atoms with Crippen LogP contribution < -0.4 is 0 Å². The number of hydrogen-bond donors (Lipinski definition) is 1. The topological polar surface area (TPSA) is 50.2 Å². The van der Waals surface area contributed by atoms with Gasteiger partial charge >= 0.3 is 0 Å². The molecule has 1 radical (unpaired) electrons. The number of nitrogens with zero attached hydrogens (tertiary/aromatic N) is 1. The van der Waals surface area contributed by atoms with E-state index >= 15 is 0 Å². The first-order valence-corrected chi connectivity index (χ1v) is 17.3. The number of hydrogen-bond acceptors (Lipinski definition) is 3. The van der Waals surface area contributed by atoms with Crippen molar-refractivity contribution in [1.82, 2.24) is 4.98 Å². The van der Waals surface area contributed by atoms with Gasteiger partial charge in [0.05, 0.1) is 5.76 Å². The van der Waals surface area contributed by atoms with Crippen LogP contribution in [0.4, 0.5) is 0 Å². The number of rotatable bonds is 10. The number of benzene rings is 5. The van der Waals surface area contributed by atoms with Crippen LogP contribution in [-0.4, -0.2) is 15.9 Å². The fourth-order valence-corrected chi connectivity index (χ4v) is 6.42. The van der Waals surface area contributed by atoms with E-state index in [-0.39, 0.29) is 43.5 Å². The van der Waals surface area contributed by atoms with Crippen molar-refractivity contribution < 1.29 is 30.0 Å². The molecule has 6 rings (SSSR count). The number of fused-ring (bicyclic) bond motifs is 3. The molecule has 4 heteroatoms. The third-order valence-corrected chi connectivity index (χ3v) is 9.44. The van der Waals surface area contributed by atoms with Crippen LogP contribution >= 0.6 is 0 Å². The molecule has 5 aromatic carbocycles. The molecule has 0 bridgehead atoms. The third-order valence-electron chi connectivity index (χ3n) is 9.44. The number of ketones is 1. The molecule has 1 heterocycles. The van der Waals surface area contributed by atoms with E-state index in [0.717, 1.165) is 42.5 Å². The van der Waals surface area contributed by atoms with Crippen LogP contribution in [0.3, 0.4) is 0 Å². The van der Waals surface area contributed by atoms with Crippen LogP contribution in [0.15, 0.2) is 127 Å². The maximum Gasteiger partial charge on any atom is 0.162 e. The Hall–Kier alpha value is -4.37. The Balaban J connectivity index is 0.000000290. The SMILES string of the molecule is CCC(CC)C(=O)/C=C(\O)C(CC)CC.Cc1cnc(-c2[c-]cc(-c3cc4ccccc4c4ccccc34)cc2)cc1-c1ccccc1.[Ir]. The van der Waals surface area contributed by atoms with E-state index in [1.807, 2.05) is 40.0 Å². The first-order valence-electron chi connectivity index (χ1n) is 17.3. The summed E-state index contributed by atoms with van der Waals surface area (Å²) in [6.45, 7) is 10.2. The van der Waals surface area contributed by atoms with Gasteiger partial charge < -0.3 is 10.1 Å². The van der Waals surface area contributed by atoms with Crippen LogP contribution in [0, 0.1) is 24.8 Å². The smallest absolute Gasteiger partial charge is 0.162 e. The summed E-state index contributed by atoms with van der Waals surface area (Å²) in [5, 5.41) is 14.8. The van der Waals surface area contributed by atoms with Crippen LogP contribution in [0.25, 0.3) is 55.1 Å². The van der Waals surface area contributed by atoms with Crippen molar-refractivity contribution in [3.8, 4) is 33.5 Å². The minimum atomic E-state index is 0. The average molecular weight is 825 g/mol. The Morgan fingerprint density at radius 2 is 1.33 bits per heavy atom. The van der Waals surface area contributed by atoms with Gasteiger partial charge in [0.2, 0.25) is 0 Å². The predicted molar refractivity (Wildman–Crippen MR) is 203 cm³/mol. The monoisotopic (exact) mass is 825 g/mol. The molecule has 1 N–H and O–H groups in total. The van der Waals surface area contributed by atoms with Crippen molar-refractivity contribution in [2.24, 2.45) is 11.8 Å². The average Bonchev–Trinajstić information content (AvgIpc) is 3.13. The van der Waals surface area contributed by atoms with E-state index in [1.54, 1.807) is 0 Å². The molecule has 0 amide bonds. The van der Waals surface area contributed by atoms with Gasteiger partial charge in [-0.2, -0.15) is 0 Å². The Bertz CT molecular complexity index is 2010. The van der Waals surface area contributed by atoms with Crippen molar-refractivity contribution in [2.45, 2.75) is 60.3 Å². The van der Waals surface area contributed by atoms with E-state index in [1.165, 1.54) is 49.9 Å². The minimum absolute atomic E-state index is 0. The van der Waals surface area contributed by atoms with Crippen LogP contribution in [0.1, 0.15) is 58.9 Å². The molecule has 0 fully saturated rings. The number of aryl methyl sites for hydroxylation is 1. The molecule has 0 saturated carbocycles. The van der Waals surface area contributed by atoms with E-state index in [2.05, 4.69) is 116 Å². The molecule has 0 atom stereocenters. The fourth-order valence-electron chi connectivity index (χ4n) is 6.42. The number of pyridine rings is 1. The van der Waals surface area contributed by atoms with Crippen molar-refractivity contribution in [1.29, 1.82) is 0 Å². The van der Waals surface area contributed by atoms with Gasteiger partial charge in [0.25, 0.3) is 0 Å². The molecule has 253 valence electrons. The molecule has 1 aromatic heterocycles. The Kier molecular flexibility index (Phi) is 13.6. The van der Waals surface area contributed by atoms with Crippen molar-refractivity contribution in [3.05, 3.63) is 139 Å². The van der Waals surface area contributed by atoms with E-state index in [0.29, 0.717) is 0 Å². The molecule has 0 unspecified atom stereocenters. The van der Waals surface area contributed by atoms with Gasteiger partial charge in [-0.1, -0.05) is 130 Å². The number of carbonyl (C=O) groups excluding carboxylic acids is 1. The number of allylic oxidation sites excluding steroid dienone is 2. The van der Waals surface area contributed by atoms with Crippen molar-refractivity contribution in [3.63, 3.8) is 0 Å². The zero-order valence-electron chi connectivity index (χ0n) is 29.2. The summed E-state index contributed by atoms with van der Waals surface area (Å²) in [5.74, 6) is 0.547. The van der Waals surface area contributed by atoms with Crippen LogP contribution in [0.2, 0.25) is 0 Å². The molecule has 49 heavy (non-hydrogen) atoms. The first-order chi connectivity index (χ1) is 23.4. The van der Waals surface area contributed by atoms with E-state index in [9.17, 15) is 9.90 Å². The molecule has 0 saturated heterocycles. The quantitative estimate of drug-likeness (QED) is 0.0648. The van der Waals surface area contributed by atoms with Crippen LogP contribution in [0.5, 0.6) is 0 Å². The number of aliphatic hydroxyl groups excluding tert-OH is 1. The summed E-state index contributed by atoms with van der Waals surface area (Å²) in [7, 11) is 0. The minimum Gasteiger partial charge on any atom is -0.512 e. The van der Waals surface area contributed by atoms with Gasteiger partial charge in [-0.3, -0.25) is 4.79 Å². The van der Waals surface area contributed by atoms with E-state index < -0.39 is 0 Å². The number of aromatic nitrogens is 1. The Morgan fingerprint density at radius 1 is 0.714 bits per heavy atom. The van der Waals surface area contributed by atoms with E-state index in [4.69, 9.17) is 4.98 Å². The first kappa shape index (κ1) is 37.4. The molecule has 0 spiro atoms. The molecular weight excluding hydrogens is 779 g/mol. The zero-order valence-corrected chi connectivity index (χ0v) is 31.6. The molecular formula is C45H46IrNO2-. The molecule has 0 aliphatic carbocycles. The normalized spacial score (nSPS) is 11.4. The maximum atomic E-state index is 11.7. The summed E-state index contributed by atoms with van der Waals surface area (Å²) >= 11 is 0. The third kappa shape index (κ3) is 8.81. The van der Waals surface area contributed by atoms with Crippen LogP contribution in [-0.2, 0) is 24.9 Å². The second-order valence-corrected chi connectivity index (χ2v) is 12.4. The van der Waals surface area contributed by atoms with Gasteiger partial charge in [0.15, 0.2) is 5.78 Å². The largest absolute Gasteiger partial charge is 0.512 e. The summed E-state index contributed by atoms with van der Waals surface area (Å²) in [5.41, 5.74) is 7.92. The number of carbonyl (C=O) groups is 1. The summed E-state index contributed by atoms with van der Waals surface area (Å²) in [6.07, 6.45) is 6.86. The Morgan fingerprint density at radius 3 is 1.96 bits per heavy atom. The molecule has 0 aliphatic heterocycles.